The molecule has 1 heterocycles. The summed E-state index contributed by atoms with van der Waals surface area (Å²) in [6.45, 7) is 1.95. The van der Waals surface area contributed by atoms with Gasteiger partial charge in [0.05, 0.1) is 0 Å². The SMILES string of the molecule is Cc1cccc(NC(=O)c2c[nH]c(=S)n2-c2ccc(F)cc2)c1. The second kappa shape index (κ2) is 6.18. The fourth-order valence-electron chi connectivity index (χ4n) is 2.30. The largest absolute Gasteiger partial charge is 0.336 e. The first-order valence-corrected chi connectivity index (χ1v) is 7.40. The van der Waals surface area contributed by atoms with Crippen LogP contribution in [0.4, 0.5) is 10.1 Å². The van der Waals surface area contributed by atoms with Crippen molar-refractivity contribution < 1.29 is 9.18 Å². The molecule has 3 aromatic rings. The molecule has 0 aliphatic heterocycles. The Labute approximate surface area is 137 Å². The molecule has 0 fully saturated rings. The van der Waals surface area contributed by atoms with E-state index in [2.05, 4.69) is 10.3 Å². The minimum Gasteiger partial charge on any atom is -0.336 e. The van der Waals surface area contributed by atoms with Crippen LogP contribution in [0.5, 0.6) is 0 Å². The van der Waals surface area contributed by atoms with Gasteiger partial charge in [0.15, 0.2) is 4.77 Å². The van der Waals surface area contributed by atoms with E-state index >= 15 is 0 Å². The number of H-pyrrole nitrogens is 1. The third-order valence-electron chi connectivity index (χ3n) is 3.37. The number of anilines is 1. The predicted octanol–water partition coefficient (Wildman–Crippen LogP) is 4.23. The summed E-state index contributed by atoms with van der Waals surface area (Å²) in [6, 6.07) is 13.3. The first-order chi connectivity index (χ1) is 11.0. The lowest BCUT2D eigenvalue weighted by molar-refractivity contribution is 0.102. The summed E-state index contributed by atoms with van der Waals surface area (Å²) in [6.07, 6.45) is 1.54. The molecule has 116 valence electrons. The first-order valence-electron chi connectivity index (χ1n) is 6.99. The van der Waals surface area contributed by atoms with Crippen LogP contribution in [-0.4, -0.2) is 15.5 Å². The summed E-state index contributed by atoms with van der Waals surface area (Å²) in [5.41, 5.74) is 2.72. The Balaban J connectivity index is 1.96. The monoisotopic (exact) mass is 327 g/mol. The van der Waals surface area contributed by atoms with E-state index < -0.39 is 0 Å². The number of carbonyl (C=O) groups is 1. The quantitative estimate of drug-likeness (QED) is 0.707. The molecular formula is C17H14FN3OS. The summed E-state index contributed by atoms with van der Waals surface area (Å²) in [5, 5.41) is 2.83. The molecule has 0 saturated carbocycles. The average Bonchev–Trinajstić information content (AvgIpc) is 2.90. The van der Waals surface area contributed by atoms with Crippen LogP contribution in [0.25, 0.3) is 5.69 Å². The van der Waals surface area contributed by atoms with Gasteiger partial charge in [-0.05, 0) is 61.1 Å². The first kappa shape index (κ1) is 15.2. The van der Waals surface area contributed by atoms with Gasteiger partial charge in [-0.25, -0.2) is 4.39 Å². The maximum Gasteiger partial charge on any atom is 0.274 e. The Bertz CT molecular complexity index is 912. The summed E-state index contributed by atoms with van der Waals surface area (Å²) in [4.78, 5) is 15.4. The van der Waals surface area contributed by atoms with Crippen molar-refractivity contribution in [2.75, 3.05) is 5.32 Å². The van der Waals surface area contributed by atoms with E-state index in [-0.39, 0.29) is 11.7 Å². The second-order valence-electron chi connectivity index (χ2n) is 5.11. The topological polar surface area (TPSA) is 49.8 Å². The molecule has 0 saturated heterocycles. The molecule has 2 aromatic carbocycles. The van der Waals surface area contributed by atoms with Crippen molar-refractivity contribution in [1.82, 2.24) is 9.55 Å². The lowest BCUT2D eigenvalue weighted by Gasteiger charge is -2.09. The van der Waals surface area contributed by atoms with Gasteiger partial charge in [-0.3, -0.25) is 9.36 Å². The lowest BCUT2D eigenvalue weighted by Crippen LogP contribution is -2.16. The van der Waals surface area contributed by atoms with Crippen molar-refractivity contribution in [3.05, 3.63) is 76.6 Å². The highest BCUT2D eigenvalue weighted by Crippen LogP contribution is 2.16. The standard InChI is InChI=1S/C17H14FN3OS/c1-11-3-2-4-13(9-11)20-16(22)15-10-19-17(23)21(15)14-7-5-12(18)6-8-14/h2-10H,1H3,(H,19,23)(H,20,22). The van der Waals surface area contributed by atoms with Gasteiger partial charge in [0.1, 0.15) is 11.5 Å². The van der Waals surface area contributed by atoms with E-state index in [9.17, 15) is 9.18 Å². The van der Waals surface area contributed by atoms with Gasteiger partial charge in [0, 0.05) is 17.6 Å². The fraction of sp³-hybridized carbons (Fsp3) is 0.0588. The summed E-state index contributed by atoms with van der Waals surface area (Å²) in [5.74, 6) is -0.645. The maximum absolute atomic E-state index is 13.1. The molecule has 0 unspecified atom stereocenters. The zero-order valence-electron chi connectivity index (χ0n) is 12.3. The number of aromatic amines is 1. The zero-order valence-corrected chi connectivity index (χ0v) is 13.2. The van der Waals surface area contributed by atoms with Crippen LogP contribution in [0.1, 0.15) is 16.1 Å². The molecule has 3 rings (SSSR count). The Morgan fingerprint density at radius 1 is 1.22 bits per heavy atom. The minimum absolute atomic E-state index is 0.299. The molecule has 0 bridgehead atoms. The van der Waals surface area contributed by atoms with Crippen molar-refractivity contribution in [3.63, 3.8) is 0 Å². The summed E-state index contributed by atoms with van der Waals surface area (Å²) in [7, 11) is 0. The van der Waals surface area contributed by atoms with Crippen LogP contribution in [0.3, 0.4) is 0 Å². The Kier molecular flexibility index (Phi) is 4.08. The predicted molar refractivity (Wildman–Crippen MR) is 90.0 cm³/mol. The number of aryl methyl sites for hydroxylation is 1. The summed E-state index contributed by atoms with van der Waals surface area (Å²) < 4.78 is 15.0. The average molecular weight is 327 g/mol. The second-order valence-corrected chi connectivity index (χ2v) is 5.50. The highest BCUT2D eigenvalue weighted by molar-refractivity contribution is 7.71. The molecule has 0 aliphatic carbocycles. The number of rotatable bonds is 3. The van der Waals surface area contributed by atoms with Gasteiger partial charge >= 0.3 is 0 Å². The number of amides is 1. The molecule has 6 heteroatoms. The van der Waals surface area contributed by atoms with Gasteiger partial charge in [0.25, 0.3) is 5.91 Å². The van der Waals surface area contributed by atoms with Gasteiger partial charge < -0.3 is 10.3 Å². The molecule has 0 spiro atoms. The normalized spacial score (nSPS) is 10.5. The number of nitrogens with one attached hydrogen (secondary N) is 2. The van der Waals surface area contributed by atoms with Crippen molar-refractivity contribution in [1.29, 1.82) is 0 Å². The van der Waals surface area contributed by atoms with Gasteiger partial charge in [0.2, 0.25) is 0 Å². The highest BCUT2D eigenvalue weighted by atomic mass is 32.1. The Hall–Kier alpha value is -2.73. The van der Waals surface area contributed by atoms with E-state index in [0.717, 1.165) is 5.56 Å². The molecule has 0 atom stereocenters. The van der Waals surface area contributed by atoms with Crippen LogP contribution in [-0.2, 0) is 0 Å². The molecule has 4 nitrogen and oxygen atoms in total. The van der Waals surface area contributed by atoms with Crippen molar-refractivity contribution in [2.24, 2.45) is 0 Å². The van der Waals surface area contributed by atoms with E-state index in [1.165, 1.54) is 18.3 Å². The Morgan fingerprint density at radius 3 is 2.65 bits per heavy atom. The number of aromatic nitrogens is 2. The van der Waals surface area contributed by atoms with E-state index in [4.69, 9.17) is 12.2 Å². The molecular weight excluding hydrogens is 313 g/mol. The Morgan fingerprint density at radius 2 is 1.96 bits per heavy atom. The molecule has 1 amide bonds. The number of hydrogen-bond donors (Lipinski definition) is 2. The lowest BCUT2D eigenvalue weighted by atomic mass is 10.2. The number of nitrogens with zero attached hydrogens (tertiary/aromatic N) is 1. The molecule has 2 N–H and O–H groups in total. The van der Waals surface area contributed by atoms with Gasteiger partial charge in [-0.2, -0.15) is 0 Å². The third kappa shape index (κ3) is 3.22. The van der Waals surface area contributed by atoms with Crippen LogP contribution in [0.2, 0.25) is 0 Å². The van der Waals surface area contributed by atoms with Crippen molar-refractivity contribution >= 4 is 23.8 Å². The smallest absolute Gasteiger partial charge is 0.274 e. The van der Waals surface area contributed by atoms with Gasteiger partial charge in [-0.15, -0.1) is 0 Å². The third-order valence-corrected chi connectivity index (χ3v) is 3.67. The van der Waals surface area contributed by atoms with Gasteiger partial charge in [-0.1, -0.05) is 12.1 Å². The number of benzene rings is 2. The van der Waals surface area contributed by atoms with Crippen LogP contribution >= 0.6 is 12.2 Å². The van der Waals surface area contributed by atoms with E-state index in [0.29, 0.717) is 21.8 Å². The molecule has 0 aliphatic rings. The fourth-order valence-corrected chi connectivity index (χ4v) is 2.56. The van der Waals surface area contributed by atoms with Crippen LogP contribution in [0.15, 0.2) is 54.7 Å². The van der Waals surface area contributed by atoms with E-state index in [1.54, 1.807) is 16.7 Å². The number of imidazole rings is 1. The van der Waals surface area contributed by atoms with Crippen LogP contribution < -0.4 is 5.32 Å². The summed E-state index contributed by atoms with van der Waals surface area (Å²) >= 11 is 5.23. The molecule has 1 aromatic heterocycles. The van der Waals surface area contributed by atoms with E-state index in [1.807, 2.05) is 31.2 Å². The zero-order chi connectivity index (χ0) is 16.4. The minimum atomic E-state index is -0.346. The van der Waals surface area contributed by atoms with Crippen molar-refractivity contribution in [2.45, 2.75) is 6.92 Å². The number of carbonyl (C=O) groups excluding carboxylic acids is 1. The van der Waals surface area contributed by atoms with Crippen molar-refractivity contribution in [3.8, 4) is 5.69 Å². The highest BCUT2D eigenvalue weighted by Gasteiger charge is 2.14. The maximum atomic E-state index is 13.1. The number of halogens is 1. The number of hydrogen-bond acceptors (Lipinski definition) is 2. The van der Waals surface area contributed by atoms with Crippen LogP contribution in [0, 0.1) is 17.5 Å². The molecule has 23 heavy (non-hydrogen) atoms. The molecule has 0 radical (unpaired) electrons.